The minimum Gasteiger partial charge on any atom is -0.487 e. The van der Waals surface area contributed by atoms with Gasteiger partial charge in [-0.1, -0.05) is 33.6 Å². The first-order valence-electron chi connectivity index (χ1n) is 8.71. The van der Waals surface area contributed by atoms with Crippen LogP contribution < -0.4 is 14.8 Å². The van der Waals surface area contributed by atoms with Gasteiger partial charge in [-0.15, -0.1) is 0 Å². The van der Waals surface area contributed by atoms with Crippen LogP contribution in [0.1, 0.15) is 43.0 Å². The van der Waals surface area contributed by atoms with Gasteiger partial charge in [0, 0.05) is 16.5 Å². The molecule has 2 aromatic carbocycles. The first-order valence-corrected chi connectivity index (χ1v) is 9.51. The number of ether oxygens (including phenoxy) is 2. The monoisotopic (exact) mass is 417 g/mol. The minimum absolute atomic E-state index is 0.0139. The molecule has 1 unspecified atom stereocenters. The molecule has 3 rings (SSSR count). The number of nitrogens with one attached hydrogen (secondary N) is 1. The van der Waals surface area contributed by atoms with E-state index in [9.17, 15) is 4.79 Å². The third-order valence-corrected chi connectivity index (χ3v) is 5.35. The summed E-state index contributed by atoms with van der Waals surface area (Å²) in [5.41, 5.74) is 2.91. The molecule has 0 saturated heterocycles. The maximum atomic E-state index is 12.5. The van der Waals surface area contributed by atoms with E-state index in [0.29, 0.717) is 12.2 Å². The van der Waals surface area contributed by atoms with E-state index in [1.54, 1.807) is 0 Å². The molecule has 138 valence electrons. The molecule has 4 nitrogen and oxygen atoms in total. The molecule has 1 N–H and O–H groups in total. The first-order chi connectivity index (χ1) is 12.2. The maximum absolute atomic E-state index is 12.5. The first kappa shape index (κ1) is 18.8. The summed E-state index contributed by atoms with van der Waals surface area (Å²) < 4.78 is 12.7. The van der Waals surface area contributed by atoms with E-state index in [-0.39, 0.29) is 24.2 Å². The van der Waals surface area contributed by atoms with Crippen molar-refractivity contribution in [1.29, 1.82) is 0 Å². The number of hydrogen-bond acceptors (Lipinski definition) is 3. The van der Waals surface area contributed by atoms with Gasteiger partial charge in [0.15, 0.2) is 6.61 Å². The van der Waals surface area contributed by atoms with E-state index < -0.39 is 0 Å². The predicted molar refractivity (Wildman–Crippen MR) is 106 cm³/mol. The van der Waals surface area contributed by atoms with Gasteiger partial charge in [-0.3, -0.25) is 4.79 Å². The topological polar surface area (TPSA) is 47.6 Å². The zero-order chi connectivity index (χ0) is 18.9. The van der Waals surface area contributed by atoms with E-state index in [2.05, 4.69) is 27.3 Å². The molecule has 1 atom stereocenters. The molecular weight excluding hydrogens is 394 g/mol. The van der Waals surface area contributed by atoms with Crippen LogP contribution in [0.5, 0.6) is 11.5 Å². The van der Waals surface area contributed by atoms with Crippen LogP contribution in [0, 0.1) is 13.8 Å². The molecule has 26 heavy (non-hydrogen) atoms. The zero-order valence-electron chi connectivity index (χ0n) is 15.6. The van der Waals surface area contributed by atoms with Crippen molar-refractivity contribution in [2.75, 3.05) is 6.61 Å². The fraction of sp³-hybridized carbons (Fsp3) is 0.381. The van der Waals surface area contributed by atoms with Crippen LogP contribution in [0.2, 0.25) is 0 Å². The Labute approximate surface area is 163 Å². The van der Waals surface area contributed by atoms with E-state index in [1.807, 2.05) is 58.0 Å². The van der Waals surface area contributed by atoms with Crippen molar-refractivity contribution in [3.8, 4) is 11.5 Å². The SMILES string of the molecule is Cc1ccc2c(c1)C(NC(=O)COc1ccc(Br)c(C)c1)CC(C)(C)O2. The van der Waals surface area contributed by atoms with E-state index in [0.717, 1.165) is 26.9 Å². The van der Waals surface area contributed by atoms with E-state index in [1.165, 1.54) is 0 Å². The van der Waals surface area contributed by atoms with Crippen molar-refractivity contribution in [2.24, 2.45) is 0 Å². The highest BCUT2D eigenvalue weighted by molar-refractivity contribution is 9.10. The molecule has 2 aromatic rings. The molecule has 5 heteroatoms. The number of amides is 1. The minimum atomic E-state index is -0.329. The lowest BCUT2D eigenvalue weighted by Crippen LogP contribution is -2.42. The average molecular weight is 418 g/mol. The number of carbonyl (C=O) groups excluding carboxylic acids is 1. The molecule has 1 amide bonds. The average Bonchev–Trinajstić information content (AvgIpc) is 2.56. The van der Waals surface area contributed by atoms with E-state index >= 15 is 0 Å². The number of fused-ring (bicyclic) bond motifs is 1. The largest absolute Gasteiger partial charge is 0.487 e. The summed E-state index contributed by atoms with van der Waals surface area (Å²) in [5, 5.41) is 3.10. The highest BCUT2D eigenvalue weighted by atomic mass is 79.9. The van der Waals surface area contributed by atoms with Crippen LogP contribution in [0.3, 0.4) is 0 Å². The van der Waals surface area contributed by atoms with Crippen LogP contribution in [0.15, 0.2) is 40.9 Å². The molecule has 1 heterocycles. The quantitative estimate of drug-likeness (QED) is 0.771. The molecule has 1 aliphatic rings. The molecule has 0 bridgehead atoms. The summed E-state index contributed by atoms with van der Waals surface area (Å²) in [6, 6.07) is 11.7. The number of hydrogen-bond donors (Lipinski definition) is 1. The summed E-state index contributed by atoms with van der Waals surface area (Å²) in [6.45, 7) is 8.09. The van der Waals surface area contributed by atoms with Gasteiger partial charge >= 0.3 is 0 Å². The zero-order valence-corrected chi connectivity index (χ0v) is 17.1. The normalized spacial score (nSPS) is 17.8. The van der Waals surface area contributed by atoms with Gasteiger partial charge < -0.3 is 14.8 Å². The number of benzene rings is 2. The Hall–Kier alpha value is -2.01. The second-order valence-electron chi connectivity index (χ2n) is 7.43. The van der Waals surface area contributed by atoms with Gasteiger partial charge in [0.25, 0.3) is 5.91 Å². The number of carbonyl (C=O) groups is 1. The summed E-state index contributed by atoms with van der Waals surface area (Å²) >= 11 is 3.46. The number of halogens is 1. The Morgan fingerprint density at radius 1 is 1.27 bits per heavy atom. The molecular formula is C21H24BrNO3. The second kappa shape index (κ2) is 7.31. The van der Waals surface area contributed by atoms with Crippen molar-refractivity contribution in [1.82, 2.24) is 5.32 Å². The lowest BCUT2D eigenvalue weighted by Gasteiger charge is -2.38. The molecule has 0 aliphatic carbocycles. The van der Waals surface area contributed by atoms with Crippen molar-refractivity contribution >= 4 is 21.8 Å². The highest BCUT2D eigenvalue weighted by Crippen LogP contribution is 2.39. The molecule has 0 saturated carbocycles. The van der Waals surface area contributed by atoms with Crippen LogP contribution in [-0.4, -0.2) is 18.1 Å². The van der Waals surface area contributed by atoms with Crippen molar-refractivity contribution < 1.29 is 14.3 Å². The Morgan fingerprint density at radius 2 is 2.04 bits per heavy atom. The number of rotatable bonds is 4. The smallest absolute Gasteiger partial charge is 0.258 e. The van der Waals surface area contributed by atoms with Crippen LogP contribution in [0.25, 0.3) is 0 Å². The Bertz CT molecular complexity index is 832. The van der Waals surface area contributed by atoms with Crippen molar-refractivity contribution in [3.05, 3.63) is 57.6 Å². The third-order valence-electron chi connectivity index (χ3n) is 4.46. The molecule has 0 spiro atoms. The lowest BCUT2D eigenvalue weighted by atomic mass is 9.89. The predicted octanol–water partition coefficient (Wildman–Crippen LogP) is 4.86. The molecule has 0 aromatic heterocycles. The highest BCUT2D eigenvalue weighted by Gasteiger charge is 2.34. The van der Waals surface area contributed by atoms with Crippen molar-refractivity contribution in [2.45, 2.75) is 45.8 Å². The fourth-order valence-electron chi connectivity index (χ4n) is 3.19. The Kier molecular flexibility index (Phi) is 5.28. The Balaban J connectivity index is 1.68. The second-order valence-corrected chi connectivity index (χ2v) is 8.28. The van der Waals surface area contributed by atoms with Gasteiger partial charge in [-0.05, 0) is 57.5 Å². The van der Waals surface area contributed by atoms with Gasteiger partial charge in [0.2, 0.25) is 0 Å². The van der Waals surface area contributed by atoms with Crippen molar-refractivity contribution in [3.63, 3.8) is 0 Å². The van der Waals surface area contributed by atoms with Crippen LogP contribution in [0.4, 0.5) is 0 Å². The van der Waals surface area contributed by atoms with Gasteiger partial charge in [-0.2, -0.15) is 0 Å². The summed E-state index contributed by atoms with van der Waals surface area (Å²) in [4.78, 5) is 12.5. The number of aryl methyl sites for hydroxylation is 2. The van der Waals surface area contributed by atoms with Gasteiger partial charge in [-0.25, -0.2) is 0 Å². The Morgan fingerprint density at radius 3 is 2.77 bits per heavy atom. The third kappa shape index (κ3) is 4.39. The van der Waals surface area contributed by atoms with Gasteiger partial charge in [0.1, 0.15) is 17.1 Å². The molecule has 1 aliphatic heterocycles. The summed E-state index contributed by atoms with van der Waals surface area (Å²) in [5.74, 6) is 1.38. The fourth-order valence-corrected chi connectivity index (χ4v) is 3.44. The molecule has 0 radical (unpaired) electrons. The standard InChI is InChI=1S/C21H24BrNO3/c1-13-5-8-19-16(9-13)18(11-21(3,4)26-19)23-20(24)12-25-15-6-7-17(22)14(2)10-15/h5-10,18H,11-12H2,1-4H3,(H,23,24). The van der Waals surface area contributed by atoms with Crippen LogP contribution >= 0.6 is 15.9 Å². The lowest BCUT2D eigenvalue weighted by molar-refractivity contribution is -0.124. The maximum Gasteiger partial charge on any atom is 0.258 e. The summed E-state index contributed by atoms with van der Waals surface area (Å²) in [6.07, 6.45) is 0.715. The summed E-state index contributed by atoms with van der Waals surface area (Å²) in [7, 11) is 0. The van der Waals surface area contributed by atoms with E-state index in [4.69, 9.17) is 9.47 Å². The van der Waals surface area contributed by atoms with Gasteiger partial charge in [0.05, 0.1) is 6.04 Å². The molecule has 0 fully saturated rings. The van der Waals surface area contributed by atoms with Crippen LogP contribution in [-0.2, 0) is 4.79 Å².